The summed E-state index contributed by atoms with van der Waals surface area (Å²) in [5, 5.41) is 0. The number of nitrogens with zero attached hydrogens (tertiary/aromatic N) is 2. The Morgan fingerprint density at radius 1 is 1.14 bits per heavy atom. The number of halogens is 1. The minimum atomic E-state index is 0. The molecule has 116 valence electrons. The van der Waals surface area contributed by atoms with Gasteiger partial charge in [0.15, 0.2) is 0 Å². The molecule has 3 nitrogen and oxygen atoms in total. The van der Waals surface area contributed by atoms with Crippen LogP contribution in [0.15, 0.2) is 35.2 Å². The summed E-state index contributed by atoms with van der Waals surface area (Å²) in [6.07, 6.45) is 6.71. The molecular formula is C16H23ClN2OS. The molecule has 1 amide bonds. The highest BCUT2D eigenvalue weighted by molar-refractivity contribution is 7.98. The standard InChI is InChI=1S/C16H22N2OS.ClH/c1-17-10-3-11-18(13-12-17)16(19)9-6-14-4-7-15(20-2)8-5-14;/h4-9H,3,10-13H2,1-2H3;1H/b9-6+;. The lowest BCUT2D eigenvalue weighted by atomic mass is 10.2. The van der Waals surface area contributed by atoms with Gasteiger partial charge in [0.25, 0.3) is 0 Å². The van der Waals surface area contributed by atoms with Crippen LogP contribution < -0.4 is 0 Å². The summed E-state index contributed by atoms with van der Waals surface area (Å²) in [5.41, 5.74) is 1.07. The van der Waals surface area contributed by atoms with E-state index >= 15 is 0 Å². The van der Waals surface area contributed by atoms with Gasteiger partial charge in [-0.25, -0.2) is 0 Å². The number of thioether (sulfide) groups is 1. The number of hydrogen-bond acceptors (Lipinski definition) is 3. The van der Waals surface area contributed by atoms with Gasteiger partial charge < -0.3 is 9.80 Å². The number of hydrogen-bond donors (Lipinski definition) is 0. The highest BCUT2D eigenvalue weighted by atomic mass is 35.5. The SMILES string of the molecule is CSc1ccc(/C=C/C(=O)N2CCCN(C)CC2)cc1.Cl. The third-order valence-electron chi connectivity index (χ3n) is 3.57. The molecular weight excluding hydrogens is 304 g/mol. The molecule has 0 aliphatic carbocycles. The van der Waals surface area contributed by atoms with E-state index in [1.54, 1.807) is 17.8 Å². The van der Waals surface area contributed by atoms with Crippen LogP contribution in [-0.2, 0) is 4.79 Å². The van der Waals surface area contributed by atoms with Crippen molar-refractivity contribution in [2.24, 2.45) is 0 Å². The van der Waals surface area contributed by atoms with Crippen molar-refractivity contribution in [2.45, 2.75) is 11.3 Å². The number of carbonyl (C=O) groups excluding carboxylic acids is 1. The van der Waals surface area contributed by atoms with Gasteiger partial charge in [0, 0.05) is 30.6 Å². The fraction of sp³-hybridized carbons (Fsp3) is 0.438. The third kappa shape index (κ3) is 5.73. The number of likely N-dealkylation sites (N-methyl/N-ethyl adjacent to an activating group) is 1. The quantitative estimate of drug-likeness (QED) is 0.630. The summed E-state index contributed by atoms with van der Waals surface area (Å²) in [4.78, 5) is 17.6. The van der Waals surface area contributed by atoms with Crippen molar-refractivity contribution < 1.29 is 4.79 Å². The Balaban J connectivity index is 0.00000220. The zero-order chi connectivity index (χ0) is 14.4. The van der Waals surface area contributed by atoms with Crippen LogP contribution in [0.2, 0.25) is 0 Å². The van der Waals surface area contributed by atoms with Crippen LogP contribution >= 0.6 is 24.2 Å². The van der Waals surface area contributed by atoms with E-state index in [1.165, 1.54) is 4.90 Å². The number of rotatable bonds is 3. The van der Waals surface area contributed by atoms with Crippen LogP contribution in [0, 0.1) is 0 Å². The molecule has 0 unspecified atom stereocenters. The second kappa shape index (κ2) is 9.13. The predicted octanol–water partition coefficient (Wildman–Crippen LogP) is 3.01. The molecule has 0 radical (unpaired) electrons. The van der Waals surface area contributed by atoms with Gasteiger partial charge in [-0.15, -0.1) is 24.2 Å². The molecule has 1 fully saturated rings. The molecule has 21 heavy (non-hydrogen) atoms. The topological polar surface area (TPSA) is 23.6 Å². The molecule has 0 saturated carbocycles. The van der Waals surface area contributed by atoms with Gasteiger partial charge in [-0.05, 0) is 50.0 Å². The van der Waals surface area contributed by atoms with Crippen molar-refractivity contribution >= 4 is 36.2 Å². The van der Waals surface area contributed by atoms with Gasteiger partial charge in [0.05, 0.1) is 0 Å². The van der Waals surface area contributed by atoms with E-state index < -0.39 is 0 Å². The first kappa shape index (κ1) is 18.1. The fourth-order valence-electron chi connectivity index (χ4n) is 2.25. The van der Waals surface area contributed by atoms with Crippen LogP contribution in [0.3, 0.4) is 0 Å². The van der Waals surface area contributed by atoms with E-state index in [1.807, 2.05) is 23.1 Å². The van der Waals surface area contributed by atoms with E-state index in [0.717, 1.165) is 38.2 Å². The normalized spacial score (nSPS) is 16.6. The van der Waals surface area contributed by atoms with E-state index in [0.29, 0.717) is 0 Å². The zero-order valence-corrected chi connectivity index (χ0v) is 14.3. The third-order valence-corrected chi connectivity index (χ3v) is 4.31. The average molecular weight is 327 g/mol. The molecule has 1 saturated heterocycles. The molecule has 0 N–H and O–H groups in total. The van der Waals surface area contributed by atoms with E-state index in [2.05, 4.69) is 30.3 Å². The van der Waals surface area contributed by atoms with Gasteiger partial charge in [-0.3, -0.25) is 4.79 Å². The Bertz CT molecular complexity index is 476. The first-order valence-electron chi connectivity index (χ1n) is 6.98. The molecule has 1 heterocycles. The van der Waals surface area contributed by atoms with Crippen LogP contribution in [0.4, 0.5) is 0 Å². The summed E-state index contributed by atoms with van der Waals surface area (Å²) in [6.45, 7) is 3.72. The van der Waals surface area contributed by atoms with Crippen LogP contribution in [0.1, 0.15) is 12.0 Å². The minimum Gasteiger partial charge on any atom is -0.338 e. The largest absolute Gasteiger partial charge is 0.338 e. The number of benzene rings is 1. The first-order valence-corrected chi connectivity index (χ1v) is 8.21. The summed E-state index contributed by atoms with van der Waals surface area (Å²) in [6, 6.07) is 8.25. The Labute approximate surface area is 137 Å². The van der Waals surface area contributed by atoms with Crippen molar-refractivity contribution in [3.8, 4) is 0 Å². The average Bonchev–Trinajstić information content (AvgIpc) is 2.70. The Hall–Kier alpha value is -0.970. The van der Waals surface area contributed by atoms with Gasteiger partial charge >= 0.3 is 0 Å². The number of carbonyl (C=O) groups is 1. The minimum absolute atomic E-state index is 0. The van der Waals surface area contributed by atoms with Gasteiger partial charge in [0.2, 0.25) is 5.91 Å². The van der Waals surface area contributed by atoms with Crippen molar-refractivity contribution in [1.82, 2.24) is 9.80 Å². The van der Waals surface area contributed by atoms with E-state index in [4.69, 9.17) is 0 Å². The fourth-order valence-corrected chi connectivity index (χ4v) is 2.66. The molecule has 0 atom stereocenters. The number of amides is 1. The Morgan fingerprint density at radius 2 is 1.86 bits per heavy atom. The summed E-state index contributed by atoms with van der Waals surface area (Å²) in [5.74, 6) is 0.120. The van der Waals surface area contributed by atoms with Gasteiger partial charge in [0.1, 0.15) is 0 Å². The molecule has 1 aromatic carbocycles. The van der Waals surface area contributed by atoms with Gasteiger partial charge in [-0.1, -0.05) is 12.1 Å². The molecule has 0 bridgehead atoms. The summed E-state index contributed by atoms with van der Waals surface area (Å²) >= 11 is 1.72. The van der Waals surface area contributed by atoms with Gasteiger partial charge in [-0.2, -0.15) is 0 Å². The summed E-state index contributed by atoms with van der Waals surface area (Å²) in [7, 11) is 2.11. The second-order valence-electron chi connectivity index (χ2n) is 5.09. The van der Waals surface area contributed by atoms with Crippen molar-refractivity contribution in [1.29, 1.82) is 0 Å². The molecule has 0 spiro atoms. The molecule has 5 heteroatoms. The molecule has 2 rings (SSSR count). The zero-order valence-electron chi connectivity index (χ0n) is 12.6. The maximum absolute atomic E-state index is 12.2. The summed E-state index contributed by atoms with van der Waals surface area (Å²) < 4.78 is 0. The Kier molecular flexibility index (Phi) is 7.86. The van der Waals surface area contributed by atoms with Crippen molar-refractivity contribution in [2.75, 3.05) is 39.5 Å². The molecule has 1 aromatic rings. The lowest BCUT2D eigenvalue weighted by Gasteiger charge is -2.18. The first-order chi connectivity index (χ1) is 9.69. The lowest BCUT2D eigenvalue weighted by molar-refractivity contribution is -0.125. The molecule has 1 aliphatic rings. The molecule has 0 aromatic heterocycles. The van der Waals surface area contributed by atoms with E-state index in [-0.39, 0.29) is 18.3 Å². The highest BCUT2D eigenvalue weighted by Crippen LogP contribution is 2.15. The Morgan fingerprint density at radius 3 is 2.52 bits per heavy atom. The molecule has 1 aliphatic heterocycles. The van der Waals surface area contributed by atoms with Crippen LogP contribution in [0.5, 0.6) is 0 Å². The second-order valence-corrected chi connectivity index (χ2v) is 5.97. The smallest absolute Gasteiger partial charge is 0.246 e. The van der Waals surface area contributed by atoms with Crippen molar-refractivity contribution in [3.05, 3.63) is 35.9 Å². The van der Waals surface area contributed by atoms with Crippen molar-refractivity contribution in [3.63, 3.8) is 0 Å². The highest BCUT2D eigenvalue weighted by Gasteiger charge is 2.14. The maximum atomic E-state index is 12.2. The van der Waals surface area contributed by atoms with Crippen LogP contribution in [-0.4, -0.2) is 55.2 Å². The monoisotopic (exact) mass is 326 g/mol. The predicted molar refractivity (Wildman–Crippen MR) is 93.2 cm³/mol. The lowest BCUT2D eigenvalue weighted by Crippen LogP contribution is -2.33. The maximum Gasteiger partial charge on any atom is 0.246 e. The van der Waals surface area contributed by atoms with E-state index in [9.17, 15) is 4.79 Å². The van der Waals surface area contributed by atoms with Crippen LogP contribution in [0.25, 0.3) is 6.08 Å².